The van der Waals surface area contributed by atoms with Gasteiger partial charge in [-0.15, -0.1) is 11.6 Å². The third-order valence-corrected chi connectivity index (χ3v) is 3.62. The molecule has 19 heavy (non-hydrogen) atoms. The molecule has 0 fully saturated rings. The molecule has 2 heterocycles. The summed E-state index contributed by atoms with van der Waals surface area (Å²) in [7, 11) is 0. The van der Waals surface area contributed by atoms with Crippen LogP contribution in [0.1, 0.15) is 11.3 Å². The molecule has 0 N–H and O–H groups in total. The molecule has 0 unspecified atom stereocenters. The topological polar surface area (TPSA) is 30.2 Å². The van der Waals surface area contributed by atoms with Crippen LogP contribution in [0.2, 0.25) is 5.02 Å². The number of hydrogen-bond acceptors (Lipinski definition) is 2. The van der Waals surface area contributed by atoms with Crippen molar-refractivity contribution in [2.24, 2.45) is 0 Å². The molecule has 0 atom stereocenters. The van der Waals surface area contributed by atoms with Crippen LogP contribution in [-0.4, -0.2) is 14.6 Å². The maximum atomic E-state index is 6.30. The summed E-state index contributed by atoms with van der Waals surface area (Å²) in [6, 6.07) is 7.80. The van der Waals surface area contributed by atoms with Crippen molar-refractivity contribution in [2.45, 2.75) is 12.8 Å². The van der Waals surface area contributed by atoms with E-state index in [1.54, 1.807) is 16.9 Å². The van der Waals surface area contributed by atoms with Crippen LogP contribution < -0.4 is 0 Å². The molecule has 5 heteroatoms. The van der Waals surface area contributed by atoms with Crippen LogP contribution in [0.4, 0.5) is 0 Å². The number of aromatic nitrogens is 3. The Balaban J connectivity index is 2.26. The van der Waals surface area contributed by atoms with Gasteiger partial charge < -0.3 is 0 Å². The van der Waals surface area contributed by atoms with Crippen molar-refractivity contribution < 1.29 is 0 Å². The zero-order valence-corrected chi connectivity index (χ0v) is 11.8. The van der Waals surface area contributed by atoms with E-state index in [0.717, 1.165) is 28.0 Å². The fourth-order valence-corrected chi connectivity index (χ4v) is 2.61. The second kappa shape index (κ2) is 4.83. The Kier molecular flexibility index (Phi) is 3.17. The largest absolute Gasteiger partial charge is 0.236 e. The quantitative estimate of drug-likeness (QED) is 0.666. The highest BCUT2D eigenvalue weighted by Gasteiger charge is 2.12. The molecule has 3 aromatic rings. The summed E-state index contributed by atoms with van der Waals surface area (Å²) in [6.45, 7) is 2.01. The summed E-state index contributed by atoms with van der Waals surface area (Å²) < 4.78 is 1.75. The normalized spacial score (nSPS) is 11.1. The van der Waals surface area contributed by atoms with Gasteiger partial charge in [0.15, 0.2) is 5.65 Å². The van der Waals surface area contributed by atoms with Crippen LogP contribution >= 0.6 is 23.2 Å². The van der Waals surface area contributed by atoms with Gasteiger partial charge in [0.2, 0.25) is 0 Å². The lowest BCUT2D eigenvalue weighted by molar-refractivity contribution is 0.885. The SMILES string of the molecule is Cc1ccc(-c2cnn3c(CCl)ccnc23)c(Cl)c1. The minimum atomic E-state index is 0.391. The van der Waals surface area contributed by atoms with E-state index >= 15 is 0 Å². The van der Waals surface area contributed by atoms with Gasteiger partial charge in [-0.25, -0.2) is 9.50 Å². The van der Waals surface area contributed by atoms with E-state index in [1.807, 2.05) is 31.2 Å². The molecule has 0 saturated heterocycles. The second-order valence-corrected chi connectivity index (χ2v) is 5.02. The van der Waals surface area contributed by atoms with E-state index in [9.17, 15) is 0 Å². The van der Waals surface area contributed by atoms with Crippen LogP contribution in [0.15, 0.2) is 36.7 Å². The van der Waals surface area contributed by atoms with Gasteiger partial charge in [0.1, 0.15) is 0 Å². The van der Waals surface area contributed by atoms with E-state index in [2.05, 4.69) is 10.1 Å². The summed E-state index contributed by atoms with van der Waals surface area (Å²) in [5.41, 5.74) is 4.64. The van der Waals surface area contributed by atoms with Gasteiger partial charge in [0.25, 0.3) is 0 Å². The molecule has 0 saturated carbocycles. The van der Waals surface area contributed by atoms with Crippen LogP contribution in [0, 0.1) is 6.92 Å². The third-order valence-electron chi connectivity index (χ3n) is 3.03. The number of alkyl halides is 1. The maximum Gasteiger partial charge on any atom is 0.163 e. The van der Waals surface area contributed by atoms with Gasteiger partial charge >= 0.3 is 0 Å². The summed E-state index contributed by atoms with van der Waals surface area (Å²) >= 11 is 12.2. The molecule has 0 aliphatic heterocycles. The first-order valence-corrected chi connectivity index (χ1v) is 6.76. The zero-order chi connectivity index (χ0) is 13.4. The van der Waals surface area contributed by atoms with E-state index in [4.69, 9.17) is 23.2 Å². The Morgan fingerprint density at radius 2 is 2.05 bits per heavy atom. The molecule has 3 nitrogen and oxygen atoms in total. The number of nitrogens with zero attached hydrogens (tertiary/aromatic N) is 3. The van der Waals surface area contributed by atoms with Gasteiger partial charge in [-0.2, -0.15) is 5.10 Å². The minimum absolute atomic E-state index is 0.391. The summed E-state index contributed by atoms with van der Waals surface area (Å²) in [6.07, 6.45) is 3.51. The lowest BCUT2D eigenvalue weighted by Gasteiger charge is -2.04. The standard InChI is InChI=1S/C14H11Cl2N3/c1-9-2-3-11(13(16)6-9)12-8-18-19-10(7-15)4-5-17-14(12)19/h2-6,8H,7H2,1H3. The van der Waals surface area contributed by atoms with Crippen molar-refractivity contribution in [3.63, 3.8) is 0 Å². The maximum absolute atomic E-state index is 6.30. The molecule has 2 aromatic heterocycles. The van der Waals surface area contributed by atoms with Crippen LogP contribution in [-0.2, 0) is 5.88 Å². The molecule has 0 aliphatic carbocycles. The molecule has 0 radical (unpaired) electrons. The van der Waals surface area contributed by atoms with Crippen molar-refractivity contribution in [3.8, 4) is 11.1 Å². The Bertz CT molecular complexity index is 750. The number of aryl methyl sites for hydroxylation is 1. The Morgan fingerprint density at radius 3 is 2.79 bits per heavy atom. The van der Waals surface area contributed by atoms with Crippen molar-refractivity contribution in [1.29, 1.82) is 0 Å². The first-order valence-electron chi connectivity index (χ1n) is 5.85. The molecule has 0 amide bonds. The lowest BCUT2D eigenvalue weighted by Crippen LogP contribution is -1.97. The van der Waals surface area contributed by atoms with Crippen LogP contribution in [0.3, 0.4) is 0 Å². The summed E-state index contributed by atoms with van der Waals surface area (Å²) in [5.74, 6) is 0.391. The smallest absolute Gasteiger partial charge is 0.163 e. The first kappa shape index (κ1) is 12.5. The molecule has 96 valence electrons. The predicted octanol–water partition coefficient (Wildman–Crippen LogP) is 4.10. The third kappa shape index (κ3) is 2.09. The van der Waals surface area contributed by atoms with E-state index in [-0.39, 0.29) is 0 Å². The molecule has 0 bridgehead atoms. The molecule has 3 rings (SSSR count). The molecular formula is C14H11Cl2N3. The molecule has 1 aromatic carbocycles. The average Bonchev–Trinajstić information content (AvgIpc) is 2.82. The average molecular weight is 292 g/mol. The minimum Gasteiger partial charge on any atom is -0.236 e. The van der Waals surface area contributed by atoms with Crippen LogP contribution in [0.25, 0.3) is 16.8 Å². The highest BCUT2D eigenvalue weighted by atomic mass is 35.5. The number of benzene rings is 1. The summed E-state index contributed by atoms with van der Waals surface area (Å²) in [4.78, 5) is 4.37. The monoisotopic (exact) mass is 291 g/mol. The fourth-order valence-electron chi connectivity index (χ4n) is 2.07. The Morgan fingerprint density at radius 1 is 1.21 bits per heavy atom. The Hall–Kier alpha value is -1.58. The van der Waals surface area contributed by atoms with E-state index < -0.39 is 0 Å². The predicted molar refractivity (Wildman–Crippen MR) is 77.7 cm³/mol. The molecular weight excluding hydrogens is 281 g/mol. The number of fused-ring (bicyclic) bond motifs is 1. The fraction of sp³-hybridized carbons (Fsp3) is 0.143. The van der Waals surface area contributed by atoms with E-state index in [0.29, 0.717) is 10.9 Å². The highest BCUT2D eigenvalue weighted by Crippen LogP contribution is 2.31. The van der Waals surface area contributed by atoms with Gasteiger partial charge in [-0.1, -0.05) is 23.7 Å². The van der Waals surface area contributed by atoms with Gasteiger partial charge in [0, 0.05) is 22.3 Å². The number of hydrogen-bond donors (Lipinski definition) is 0. The number of halogens is 2. The number of rotatable bonds is 2. The van der Waals surface area contributed by atoms with Crippen LogP contribution in [0.5, 0.6) is 0 Å². The van der Waals surface area contributed by atoms with Gasteiger partial charge in [-0.3, -0.25) is 0 Å². The van der Waals surface area contributed by atoms with Crippen molar-refractivity contribution in [2.75, 3.05) is 0 Å². The summed E-state index contributed by atoms with van der Waals surface area (Å²) in [5, 5.41) is 5.04. The second-order valence-electron chi connectivity index (χ2n) is 4.35. The van der Waals surface area contributed by atoms with Crippen molar-refractivity contribution >= 4 is 28.8 Å². The lowest BCUT2D eigenvalue weighted by atomic mass is 10.1. The van der Waals surface area contributed by atoms with Gasteiger partial charge in [-0.05, 0) is 24.6 Å². The van der Waals surface area contributed by atoms with Crippen molar-refractivity contribution in [1.82, 2.24) is 14.6 Å². The first-order chi connectivity index (χ1) is 9.20. The van der Waals surface area contributed by atoms with Crippen molar-refractivity contribution in [3.05, 3.63) is 52.9 Å². The molecule has 0 spiro atoms. The highest BCUT2D eigenvalue weighted by molar-refractivity contribution is 6.33. The zero-order valence-electron chi connectivity index (χ0n) is 10.3. The molecule has 0 aliphatic rings. The van der Waals surface area contributed by atoms with Gasteiger partial charge in [0.05, 0.1) is 17.8 Å². The van der Waals surface area contributed by atoms with E-state index in [1.165, 1.54) is 0 Å². The Labute approximate surface area is 120 Å².